The van der Waals surface area contributed by atoms with Crippen molar-refractivity contribution in [2.45, 2.75) is 30.4 Å². The van der Waals surface area contributed by atoms with E-state index in [4.69, 9.17) is 23.2 Å². The topological polar surface area (TPSA) is 12.0 Å². The molecule has 0 bridgehead atoms. The molecule has 16 heavy (non-hydrogen) atoms. The maximum absolute atomic E-state index is 6.25. The Hall–Kier alpha value is 0.110. The lowest BCUT2D eigenvalue weighted by molar-refractivity contribution is 0.546. The highest BCUT2D eigenvalue weighted by Crippen LogP contribution is 2.43. The lowest BCUT2D eigenvalue weighted by Gasteiger charge is -2.33. The third kappa shape index (κ3) is 2.08. The molecule has 1 aliphatic rings. The van der Waals surface area contributed by atoms with E-state index in [0.29, 0.717) is 16.3 Å². The second-order valence-electron chi connectivity index (χ2n) is 3.95. The number of rotatable bonds is 2. The largest absolute Gasteiger partial charge is 0.312 e. The summed E-state index contributed by atoms with van der Waals surface area (Å²) in [5, 5.41) is 5.39. The van der Waals surface area contributed by atoms with E-state index in [1.54, 1.807) is 0 Å². The summed E-state index contributed by atoms with van der Waals surface area (Å²) in [6.07, 6.45) is 1.16. The van der Waals surface area contributed by atoms with Crippen molar-refractivity contribution in [2.24, 2.45) is 0 Å². The van der Waals surface area contributed by atoms with Gasteiger partial charge in [-0.3, -0.25) is 0 Å². The van der Waals surface area contributed by atoms with E-state index in [1.165, 1.54) is 11.1 Å². The molecular formula is C12H15Cl2NS. The minimum Gasteiger partial charge on any atom is -0.312 e. The minimum atomic E-state index is 0.383. The van der Waals surface area contributed by atoms with Crippen LogP contribution in [-0.2, 0) is 5.75 Å². The average Bonchev–Trinajstić information content (AvgIpc) is 2.32. The Morgan fingerprint density at radius 2 is 2.19 bits per heavy atom. The average molecular weight is 276 g/mol. The summed E-state index contributed by atoms with van der Waals surface area (Å²) >= 11 is 14.3. The van der Waals surface area contributed by atoms with Crippen LogP contribution in [-0.4, -0.2) is 12.3 Å². The lowest BCUT2D eigenvalue weighted by atomic mass is 9.96. The van der Waals surface area contributed by atoms with Crippen LogP contribution in [0, 0.1) is 0 Å². The molecule has 88 valence electrons. The third-order valence-electron chi connectivity index (χ3n) is 3.09. The van der Waals surface area contributed by atoms with E-state index in [0.717, 1.165) is 17.2 Å². The van der Waals surface area contributed by atoms with Gasteiger partial charge < -0.3 is 5.32 Å². The molecule has 2 unspecified atom stereocenters. The van der Waals surface area contributed by atoms with Gasteiger partial charge in [0, 0.05) is 17.0 Å². The molecule has 0 saturated carbocycles. The van der Waals surface area contributed by atoms with Crippen LogP contribution in [0.15, 0.2) is 12.1 Å². The van der Waals surface area contributed by atoms with E-state index < -0.39 is 0 Å². The first-order chi connectivity index (χ1) is 7.69. The van der Waals surface area contributed by atoms with Crippen molar-refractivity contribution >= 4 is 35.0 Å². The van der Waals surface area contributed by atoms with Gasteiger partial charge in [-0.1, -0.05) is 36.2 Å². The third-order valence-corrected chi connectivity index (χ3v) is 5.43. The molecule has 0 radical (unpaired) electrons. The Morgan fingerprint density at radius 1 is 1.44 bits per heavy atom. The lowest BCUT2D eigenvalue weighted by Crippen LogP contribution is -2.30. The van der Waals surface area contributed by atoms with Gasteiger partial charge in [0.1, 0.15) is 0 Å². The number of halogens is 2. The van der Waals surface area contributed by atoms with E-state index in [1.807, 2.05) is 24.9 Å². The molecule has 4 heteroatoms. The van der Waals surface area contributed by atoms with Crippen LogP contribution >= 0.6 is 35.0 Å². The molecule has 2 rings (SSSR count). The van der Waals surface area contributed by atoms with E-state index in [-0.39, 0.29) is 0 Å². The molecule has 0 aliphatic carbocycles. The van der Waals surface area contributed by atoms with Crippen LogP contribution in [0.25, 0.3) is 0 Å². The Labute approximate surface area is 111 Å². The second kappa shape index (κ2) is 5.18. The van der Waals surface area contributed by atoms with Gasteiger partial charge in [0.05, 0.1) is 10.0 Å². The van der Waals surface area contributed by atoms with Crippen molar-refractivity contribution in [2.75, 3.05) is 7.05 Å². The zero-order valence-corrected chi connectivity index (χ0v) is 11.7. The SMILES string of the molecule is CCC1SCc2c(ccc(Cl)c2Cl)C1NC. The molecule has 0 saturated heterocycles. The van der Waals surface area contributed by atoms with Crippen LogP contribution in [0.5, 0.6) is 0 Å². The van der Waals surface area contributed by atoms with Crippen LogP contribution in [0.2, 0.25) is 10.0 Å². The van der Waals surface area contributed by atoms with Crippen molar-refractivity contribution in [3.05, 3.63) is 33.3 Å². The minimum absolute atomic E-state index is 0.383. The van der Waals surface area contributed by atoms with Gasteiger partial charge in [-0.2, -0.15) is 11.8 Å². The van der Waals surface area contributed by atoms with Crippen molar-refractivity contribution in [1.82, 2.24) is 5.32 Å². The molecule has 2 atom stereocenters. The Kier molecular flexibility index (Phi) is 4.06. The van der Waals surface area contributed by atoms with E-state index in [9.17, 15) is 0 Å². The van der Waals surface area contributed by atoms with Crippen molar-refractivity contribution in [1.29, 1.82) is 0 Å². The summed E-state index contributed by atoms with van der Waals surface area (Å²) < 4.78 is 0. The predicted molar refractivity (Wildman–Crippen MR) is 73.6 cm³/mol. The molecule has 0 aromatic heterocycles. The summed E-state index contributed by atoms with van der Waals surface area (Å²) in [7, 11) is 2.01. The zero-order chi connectivity index (χ0) is 11.7. The van der Waals surface area contributed by atoms with Gasteiger partial charge in [-0.25, -0.2) is 0 Å². The molecule has 1 heterocycles. The first kappa shape index (κ1) is 12.6. The van der Waals surface area contributed by atoms with Gasteiger partial charge in [0.25, 0.3) is 0 Å². The molecule has 1 aromatic rings. The highest BCUT2D eigenvalue weighted by molar-refractivity contribution is 7.99. The summed E-state index contributed by atoms with van der Waals surface area (Å²) in [6, 6.07) is 4.39. The molecule has 1 aliphatic heterocycles. The Balaban J connectivity index is 2.46. The highest BCUT2D eigenvalue weighted by Gasteiger charge is 2.29. The van der Waals surface area contributed by atoms with Gasteiger partial charge >= 0.3 is 0 Å². The number of benzene rings is 1. The maximum Gasteiger partial charge on any atom is 0.0636 e. The monoisotopic (exact) mass is 275 g/mol. The highest BCUT2D eigenvalue weighted by atomic mass is 35.5. The number of hydrogen-bond donors (Lipinski definition) is 1. The van der Waals surface area contributed by atoms with Gasteiger partial charge in [-0.15, -0.1) is 0 Å². The molecular weight excluding hydrogens is 261 g/mol. The van der Waals surface area contributed by atoms with Crippen LogP contribution in [0.4, 0.5) is 0 Å². The van der Waals surface area contributed by atoms with Gasteiger partial charge in [-0.05, 0) is 30.7 Å². The fourth-order valence-corrected chi connectivity index (χ4v) is 4.13. The molecule has 1 N–H and O–H groups in total. The fourth-order valence-electron chi connectivity index (χ4n) is 2.23. The van der Waals surface area contributed by atoms with E-state index >= 15 is 0 Å². The Bertz CT molecular complexity index is 395. The van der Waals surface area contributed by atoms with Crippen LogP contribution < -0.4 is 5.32 Å². The second-order valence-corrected chi connectivity index (χ2v) is 5.97. The van der Waals surface area contributed by atoms with Gasteiger partial charge in [0.2, 0.25) is 0 Å². The maximum atomic E-state index is 6.25. The Morgan fingerprint density at radius 3 is 2.81 bits per heavy atom. The normalized spacial score (nSPS) is 24.2. The summed E-state index contributed by atoms with van der Waals surface area (Å²) in [4.78, 5) is 0. The first-order valence-electron chi connectivity index (χ1n) is 5.44. The summed E-state index contributed by atoms with van der Waals surface area (Å²) in [6.45, 7) is 2.23. The summed E-state index contributed by atoms with van der Waals surface area (Å²) in [5.41, 5.74) is 2.51. The number of thioether (sulfide) groups is 1. The van der Waals surface area contributed by atoms with Crippen LogP contribution in [0.3, 0.4) is 0 Å². The van der Waals surface area contributed by atoms with Crippen LogP contribution in [0.1, 0.15) is 30.5 Å². The van der Waals surface area contributed by atoms with Crippen molar-refractivity contribution < 1.29 is 0 Å². The predicted octanol–water partition coefficient (Wildman–Crippen LogP) is 4.28. The van der Waals surface area contributed by atoms with E-state index in [2.05, 4.69) is 18.3 Å². The zero-order valence-electron chi connectivity index (χ0n) is 9.39. The van der Waals surface area contributed by atoms with Crippen molar-refractivity contribution in [3.8, 4) is 0 Å². The molecule has 0 fully saturated rings. The number of fused-ring (bicyclic) bond motifs is 1. The smallest absolute Gasteiger partial charge is 0.0636 e. The molecule has 1 aromatic carbocycles. The molecule has 0 amide bonds. The summed E-state index contributed by atoms with van der Waals surface area (Å²) in [5.74, 6) is 0.964. The first-order valence-corrected chi connectivity index (χ1v) is 7.25. The molecule has 1 nitrogen and oxygen atoms in total. The number of nitrogens with one attached hydrogen (secondary N) is 1. The van der Waals surface area contributed by atoms with Crippen molar-refractivity contribution in [3.63, 3.8) is 0 Å². The number of hydrogen-bond acceptors (Lipinski definition) is 2. The van der Waals surface area contributed by atoms with Gasteiger partial charge in [0.15, 0.2) is 0 Å². The quantitative estimate of drug-likeness (QED) is 0.865. The molecule has 0 spiro atoms. The standard InChI is InChI=1S/C12H15Cl2NS/c1-3-10-12(15-2)7-4-5-9(13)11(14)8(7)6-16-10/h4-5,10,12,15H,3,6H2,1-2H3. The fraction of sp³-hybridized carbons (Fsp3) is 0.500.